The number of ether oxygens (including phenoxy) is 1. The highest BCUT2D eigenvalue weighted by Crippen LogP contribution is 2.33. The molecule has 3 aromatic rings. The van der Waals surface area contributed by atoms with E-state index < -0.39 is 11.8 Å². The summed E-state index contributed by atoms with van der Waals surface area (Å²) in [5, 5.41) is 0. The number of carbonyl (C=O) groups excluding carboxylic acids is 3. The lowest BCUT2D eigenvalue weighted by Gasteiger charge is -2.14. The van der Waals surface area contributed by atoms with Gasteiger partial charge in [0.1, 0.15) is 11.4 Å². The summed E-state index contributed by atoms with van der Waals surface area (Å²) >= 11 is 0. The fraction of sp³-hybridized carbons (Fsp3) is 0.111. The van der Waals surface area contributed by atoms with E-state index in [1.165, 1.54) is 6.20 Å². The van der Waals surface area contributed by atoms with Crippen LogP contribution in [-0.4, -0.2) is 33.5 Å². The van der Waals surface area contributed by atoms with Crippen molar-refractivity contribution in [3.05, 3.63) is 70.8 Å². The van der Waals surface area contributed by atoms with Crippen LogP contribution in [0.2, 0.25) is 0 Å². The molecular weight excluding hydrogens is 308 g/mol. The van der Waals surface area contributed by atoms with Crippen molar-refractivity contribution in [3.8, 4) is 0 Å². The molecule has 0 saturated heterocycles. The zero-order valence-corrected chi connectivity index (χ0v) is 12.8. The van der Waals surface area contributed by atoms with Gasteiger partial charge in [-0.2, -0.15) is 0 Å². The van der Waals surface area contributed by atoms with Crippen LogP contribution in [0.15, 0.2) is 42.7 Å². The molecule has 0 fully saturated rings. The van der Waals surface area contributed by atoms with Crippen LogP contribution in [0.25, 0.3) is 5.52 Å². The maximum atomic E-state index is 12.9. The molecule has 0 N–H and O–H groups in total. The van der Waals surface area contributed by atoms with E-state index in [0.29, 0.717) is 5.52 Å². The Kier molecular flexibility index (Phi) is 3.06. The summed E-state index contributed by atoms with van der Waals surface area (Å²) in [5.41, 5.74) is 1.14. The van der Waals surface area contributed by atoms with Crippen LogP contribution in [0.3, 0.4) is 0 Å². The number of hydrogen-bond donors (Lipinski definition) is 0. The van der Waals surface area contributed by atoms with E-state index in [1.54, 1.807) is 47.9 Å². The Morgan fingerprint density at radius 3 is 2.79 bits per heavy atom. The zero-order chi connectivity index (χ0) is 16.8. The number of pyridine rings is 2. The van der Waals surface area contributed by atoms with Crippen LogP contribution in [0.1, 0.15) is 49.4 Å². The van der Waals surface area contributed by atoms with Crippen molar-refractivity contribution in [2.75, 3.05) is 6.61 Å². The van der Waals surface area contributed by atoms with Crippen LogP contribution in [-0.2, 0) is 4.74 Å². The SMILES string of the molecule is CCOC(=O)c1c2c(n3ccccc13)C(=O)c1cccnc1C2=O. The van der Waals surface area contributed by atoms with Gasteiger partial charge in [-0.3, -0.25) is 14.6 Å². The Bertz CT molecular complexity index is 1030. The first-order valence-electron chi connectivity index (χ1n) is 7.49. The molecule has 0 radical (unpaired) electrons. The number of hydrogen-bond acceptors (Lipinski definition) is 5. The van der Waals surface area contributed by atoms with Gasteiger partial charge >= 0.3 is 5.97 Å². The summed E-state index contributed by atoms with van der Waals surface area (Å²) in [4.78, 5) is 42.3. The van der Waals surface area contributed by atoms with Crippen molar-refractivity contribution in [1.82, 2.24) is 9.38 Å². The fourth-order valence-electron chi connectivity index (χ4n) is 3.08. The monoisotopic (exact) mass is 320 g/mol. The average Bonchev–Trinajstić information content (AvgIpc) is 2.95. The van der Waals surface area contributed by atoms with E-state index in [0.717, 1.165) is 0 Å². The quantitative estimate of drug-likeness (QED) is 0.530. The summed E-state index contributed by atoms with van der Waals surface area (Å²) in [5.74, 6) is -1.39. The predicted octanol–water partition coefficient (Wildman–Crippen LogP) is 2.29. The molecule has 0 saturated carbocycles. The van der Waals surface area contributed by atoms with Gasteiger partial charge < -0.3 is 9.14 Å². The molecule has 1 aliphatic rings. The van der Waals surface area contributed by atoms with Gasteiger partial charge in [0, 0.05) is 12.4 Å². The molecule has 1 aliphatic carbocycles. The predicted molar refractivity (Wildman–Crippen MR) is 84.5 cm³/mol. The fourth-order valence-corrected chi connectivity index (χ4v) is 3.08. The second kappa shape index (κ2) is 5.13. The minimum Gasteiger partial charge on any atom is -0.462 e. The third kappa shape index (κ3) is 1.76. The number of nitrogens with zero attached hydrogens (tertiary/aromatic N) is 2. The number of aromatic nitrogens is 2. The number of rotatable bonds is 2. The zero-order valence-electron chi connectivity index (χ0n) is 12.8. The second-order valence-electron chi connectivity index (χ2n) is 5.33. The molecule has 4 rings (SSSR count). The Morgan fingerprint density at radius 2 is 2.00 bits per heavy atom. The van der Waals surface area contributed by atoms with Crippen LogP contribution in [0.5, 0.6) is 0 Å². The van der Waals surface area contributed by atoms with Gasteiger partial charge in [-0.1, -0.05) is 6.07 Å². The lowest BCUT2D eigenvalue weighted by Crippen LogP contribution is -2.24. The van der Waals surface area contributed by atoms with E-state index in [2.05, 4.69) is 4.98 Å². The number of esters is 1. The highest BCUT2D eigenvalue weighted by molar-refractivity contribution is 6.31. The molecule has 6 nitrogen and oxygen atoms in total. The Balaban J connectivity index is 2.11. The van der Waals surface area contributed by atoms with Crippen LogP contribution < -0.4 is 0 Å². The van der Waals surface area contributed by atoms with Gasteiger partial charge in [0.05, 0.1) is 28.8 Å². The average molecular weight is 320 g/mol. The summed E-state index contributed by atoms with van der Waals surface area (Å²) < 4.78 is 6.66. The van der Waals surface area contributed by atoms with E-state index in [-0.39, 0.29) is 40.5 Å². The van der Waals surface area contributed by atoms with Crippen LogP contribution >= 0.6 is 0 Å². The first-order chi connectivity index (χ1) is 11.6. The molecule has 0 unspecified atom stereocenters. The molecule has 3 heterocycles. The van der Waals surface area contributed by atoms with Crippen molar-refractivity contribution >= 4 is 23.1 Å². The topological polar surface area (TPSA) is 77.7 Å². The van der Waals surface area contributed by atoms with Gasteiger partial charge in [-0.25, -0.2) is 4.79 Å². The first kappa shape index (κ1) is 14.3. The molecule has 0 aliphatic heterocycles. The molecule has 0 atom stereocenters. The molecule has 0 aromatic carbocycles. The third-order valence-corrected chi connectivity index (χ3v) is 4.03. The standard InChI is InChI=1S/C18H12N2O4/c1-2-24-18(23)12-11-7-3-4-9-20(11)15-13(12)17(22)14-10(16(15)21)6-5-8-19-14/h3-9H,2H2,1H3. The van der Waals surface area contributed by atoms with Crippen molar-refractivity contribution < 1.29 is 19.1 Å². The van der Waals surface area contributed by atoms with E-state index in [1.807, 2.05) is 0 Å². The van der Waals surface area contributed by atoms with E-state index in [9.17, 15) is 14.4 Å². The molecule has 6 heteroatoms. The third-order valence-electron chi connectivity index (χ3n) is 4.03. The Labute approximate surface area is 136 Å². The summed E-state index contributed by atoms with van der Waals surface area (Å²) in [6.07, 6.45) is 3.11. The second-order valence-corrected chi connectivity index (χ2v) is 5.33. The maximum Gasteiger partial charge on any atom is 0.341 e. The molecule has 3 aromatic heterocycles. The lowest BCUT2D eigenvalue weighted by atomic mass is 9.89. The normalized spacial score (nSPS) is 12.9. The molecule has 0 bridgehead atoms. The van der Waals surface area contributed by atoms with Gasteiger partial charge in [0.2, 0.25) is 11.6 Å². The molecule has 0 amide bonds. The van der Waals surface area contributed by atoms with E-state index in [4.69, 9.17) is 4.74 Å². The van der Waals surface area contributed by atoms with E-state index >= 15 is 0 Å². The number of ketones is 2. The smallest absolute Gasteiger partial charge is 0.341 e. The maximum absolute atomic E-state index is 12.9. The minimum absolute atomic E-state index is 0.0656. The summed E-state index contributed by atoms with van der Waals surface area (Å²) in [7, 11) is 0. The van der Waals surface area contributed by atoms with Gasteiger partial charge in [-0.05, 0) is 31.2 Å². The molecular formula is C18H12N2O4. The lowest BCUT2D eigenvalue weighted by molar-refractivity contribution is 0.0526. The van der Waals surface area contributed by atoms with Crippen molar-refractivity contribution in [1.29, 1.82) is 0 Å². The Hall–Kier alpha value is -3.28. The van der Waals surface area contributed by atoms with Gasteiger partial charge in [0.15, 0.2) is 0 Å². The molecule has 118 valence electrons. The summed E-state index contributed by atoms with van der Waals surface area (Å²) in [6.45, 7) is 1.86. The number of carbonyl (C=O) groups is 3. The van der Waals surface area contributed by atoms with Crippen molar-refractivity contribution in [2.24, 2.45) is 0 Å². The molecule has 24 heavy (non-hydrogen) atoms. The number of fused-ring (bicyclic) bond motifs is 4. The highest BCUT2D eigenvalue weighted by atomic mass is 16.5. The highest BCUT2D eigenvalue weighted by Gasteiger charge is 2.38. The molecule has 0 spiro atoms. The summed E-state index contributed by atoms with van der Waals surface area (Å²) in [6, 6.07) is 8.33. The largest absolute Gasteiger partial charge is 0.462 e. The van der Waals surface area contributed by atoms with Gasteiger partial charge in [0.25, 0.3) is 0 Å². The van der Waals surface area contributed by atoms with Crippen LogP contribution in [0, 0.1) is 0 Å². The van der Waals surface area contributed by atoms with Crippen molar-refractivity contribution in [2.45, 2.75) is 6.92 Å². The van der Waals surface area contributed by atoms with Gasteiger partial charge in [-0.15, -0.1) is 0 Å². The first-order valence-corrected chi connectivity index (χ1v) is 7.49. The Morgan fingerprint density at radius 1 is 1.17 bits per heavy atom. The van der Waals surface area contributed by atoms with Crippen molar-refractivity contribution in [3.63, 3.8) is 0 Å². The minimum atomic E-state index is -0.622. The van der Waals surface area contributed by atoms with Crippen LogP contribution in [0.4, 0.5) is 0 Å².